The lowest BCUT2D eigenvalue weighted by Crippen LogP contribution is -2.58. The van der Waals surface area contributed by atoms with Crippen molar-refractivity contribution in [2.24, 2.45) is 5.92 Å². The van der Waals surface area contributed by atoms with Crippen LogP contribution in [-0.4, -0.2) is 40.1 Å². The molecule has 0 saturated carbocycles. The van der Waals surface area contributed by atoms with Gasteiger partial charge in [0.05, 0.1) is 0 Å². The van der Waals surface area contributed by atoms with Gasteiger partial charge in [0.2, 0.25) is 0 Å². The molecule has 1 aliphatic heterocycles. The first kappa shape index (κ1) is 11.6. The summed E-state index contributed by atoms with van der Waals surface area (Å²) in [6, 6.07) is 0. The highest BCUT2D eigenvalue weighted by Crippen LogP contribution is 2.19. The van der Waals surface area contributed by atoms with Crippen molar-refractivity contribution in [2.75, 3.05) is 6.54 Å². The van der Waals surface area contributed by atoms with Crippen LogP contribution in [0.5, 0.6) is 0 Å². The van der Waals surface area contributed by atoms with Crippen molar-refractivity contribution in [1.29, 1.82) is 0 Å². The Balaban J connectivity index is 2.57. The molecule has 2 atom stereocenters. The molecular formula is C8H15N3O4. The highest BCUT2D eigenvalue weighted by atomic mass is 16.4. The molecule has 0 aliphatic carbocycles. The number of nitrogens with one attached hydrogen (secondary N) is 2. The van der Waals surface area contributed by atoms with Crippen LogP contribution in [0.2, 0.25) is 0 Å². The molecule has 0 bridgehead atoms. The van der Waals surface area contributed by atoms with Crippen LogP contribution < -0.4 is 10.7 Å². The summed E-state index contributed by atoms with van der Waals surface area (Å²) in [4.78, 5) is 20.9. The highest BCUT2D eigenvalue weighted by molar-refractivity contribution is 5.65. The summed E-state index contributed by atoms with van der Waals surface area (Å²) in [5, 5.41) is 20.8. The number of hydrogen-bond acceptors (Lipinski definition) is 3. The molecule has 1 heterocycles. The van der Waals surface area contributed by atoms with Crippen molar-refractivity contribution in [1.82, 2.24) is 15.8 Å². The number of amides is 2. The van der Waals surface area contributed by atoms with Crippen LogP contribution in [0.1, 0.15) is 19.8 Å². The molecule has 2 amide bonds. The second kappa shape index (κ2) is 4.83. The first-order valence-corrected chi connectivity index (χ1v) is 4.74. The van der Waals surface area contributed by atoms with Crippen LogP contribution in [0.3, 0.4) is 0 Å². The lowest BCUT2D eigenvalue weighted by atomic mass is 9.97. The molecule has 1 fully saturated rings. The van der Waals surface area contributed by atoms with Crippen molar-refractivity contribution < 1.29 is 19.8 Å². The topological polar surface area (TPSA) is 102 Å². The van der Waals surface area contributed by atoms with Crippen LogP contribution in [0.4, 0.5) is 9.59 Å². The maximum atomic E-state index is 10.5. The maximum Gasteiger partial charge on any atom is 0.419 e. The van der Waals surface area contributed by atoms with Gasteiger partial charge in [-0.2, -0.15) is 5.01 Å². The number of nitrogens with zero attached hydrogens (tertiary/aromatic N) is 1. The third kappa shape index (κ3) is 3.62. The third-order valence-electron chi connectivity index (χ3n) is 2.39. The quantitative estimate of drug-likeness (QED) is 0.539. The highest BCUT2D eigenvalue weighted by Gasteiger charge is 2.28. The Morgan fingerprint density at radius 1 is 1.33 bits per heavy atom. The Morgan fingerprint density at radius 2 is 2.00 bits per heavy atom. The van der Waals surface area contributed by atoms with E-state index in [0.29, 0.717) is 18.9 Å². The van der Waals surface area contributed by atoms with E-state index in [0.717, 1.165) is 6.42 Å². The minimum absolute atomic E-state index is 0.383. The third-order valence-corrected chi connectivity index (χ3v) is 2.39. The summed E-state index contributed by atoms with van der Waals surface area (Å²) in [5.41, 5.74) is 2.18. The molecule has 0 aromatic rings. The predicted molar refractivity (Wildman–Crippen MR) is 51.2 cm³/mol. The zero-order valence-corrected chi connectivity index (χ0v) is 8.43. The number of hydrogen-bond donors (Lipinski definition) is 4. The van der Waals surface area contributed by atoms with Gasteiger partial charge >= 0.3 is 12.2 Å². The fourth-order valence-electron chi connectivity index (χ4n) is 1.68. The molecule has 1 rings (SSSR count). The van der Waals surface area contributed by atoms with Crippen molar-refractivity contribution in [3.8, 4) is 0 Å². The van der Waals surface area contributed by atoms with E-state index in [1.807, 2.05) is 6.92 Å². The Labute approximate surface area is 87.0 Å². The Bertz CT molecular complexity index is 258. The molecule has 2 unspecified atom stereocenters. The minimum Gasteiger partial charge on any atom is -0.465 e. The molecular weight excluding hydrogens is 202 g/mol. The maximum absolute atomic E-state index is 10.5. The first-order chi connectivity index (χ1) is 6.99. The van der Waals surface area contributed by atoms with Gasteiger partial charge in [-0.1, -0.05) is 6.92 Å². The molecule has 0 spiro atoms. The Morgan fingerprint density at radius 3 is 2.53 bits per heavy atom. The second-order valence-corrected chi connectivity index (χ2v) is 3.71. The number of carbonyl (C=O) groups is 2. The van der Waals surface area contributed by atoms with Crippen LogP contribution in [0, 0.1) is 5.92 Å². The standard InChI is InChI=1S/C8H15N3O4/c1-5-2-3-11(10-8(14)15)6(4-5)9-7(12)13/h5-6,9-10H,2-4H2,1H3,(H,12,13)(H,14,15). The number of piperidine rings is 1. The van der Waals surface area contributed by atoms with E-state index in [-0.39, 0.29) is 0 Å². The average Bonchev–Trinajstić information content (AvgIpc) is 2.08. The Hall–Kier alpha value is -1.50. The Kier molecular flexibility index (Phi) is 3.73. The second-order valence-electron chi connectivity index (χ2n) is 3.71. The lowest BCUT2D eigenvalue weighted by molar-refractivity contribution is 0.0443. The SMILES string of the molecule is CC1CCN(NC(=O)O)C(NC(=O)O)C1. The smallest absolute Gasteiger partial charge is 0.419 e. The van der Waals surface area contributed by atoms with Crippen molar-refractivity contribution in [3.05, 3.63) is 0 Å². The van der Waals surface area contributed by atoms with E-state index in [2.05, 4.69) is 10.7 Å². The largest absolute Gasteiger partial charge is 0.465 e. The molecule has 4 N–H and O–H groups in total. The van der Waals surface area contributed by atoms with Gasteiger partial charge in [-0.15, -0.1) is 0 Å². The lowest BCUT2D eigenvalue weighted by Gasteiger charge is -2.37. The van der Waals surface area contributed by atoms with Crippen LogP contribution in [0.25, 0.3) is 0 Å². The molecule has 1 saturated heterocycles. The van der Waals surface area contributed by atoms with E-state index in [1.54, 1.807) is 0 Å². The first-order valence-electron chi connectivity index (χ1n) is 4.74. The fraction of sp³-hybridized carbons (Fsp3) is 0.750. The van der Waals surface area contributed by atoms with E-state index in [4.69, 9.17) is 10.2 Å². The number of carboxylic acid groups (broad SMARTS) is 2. The van der Waals surface area contributed by atoms with Crippen molar-refractivity contribution in [3.63, 3.8) is 0 Å². The van der Waals surface area contributed by atoms with E-state index < -0.39 is 18.4 Å². The van der Waals surface area contributed by atoms with Crippen LogP contribution in [-0.2, 0) is 0 Å². The molecule has 7 heteroatoms. The minimum atomic E-state index is -1.18. The van der Waals surface area contributed by atoms with Gasteiger partial charge in [0.25, 0.3) is 0 Å². The van der Waals surface area contributed by atoms with E-state index in [1.165, 1.54) is 5.01 Å². The average molecular weight is 217 g/mol. The van der Waals surface area contributed by atoms with Gasteiger partial charge < -0.3 is 15.5 Å². The van der Waals surface area contributed by atoms with Crippen molar-refractivity contribution >= 4 is 12.2 Å². The van der Waals surface area contributed by atoms with Crippen LogP contribution >= 0.6 is 0 Å². The summed E-state index contributed by atoms with van der Waals surface area (Å²) in [7, 11) is 0. The molecule has 15 heavy (non-hydrogen) atoms. The van der Waals surface area contributed by atoms with Crippen molar-refractivity contribution in [2.45, 2.75) is 25.9 Å². The zero-order valence-electron chi connectivity index (χ0n) is 8.43. The summed E-state index contributed by atoms with van der Waals surface area (Å²) < 4.78 is 0. The van der Waals surface area contributed by atoms with Gasteiger partial charge in [0, 0.05) is 6.54 Å². The summed E-state index contributed by atoms with van der Waals surface area (Å²) in [6.45, 7) is 2.52. The molecule has 0 radical (unpaired) electrons. The molecule has 0 aromatic heterocycles. The van der Waals surface area contributed by atoms with Crippen LogP contribution in [0.15, 0.2) is 0 Å². The number of rotatable bonds is 2. The monoisotopic (exact) mass is 217 g/mol. The summed E-state index contributed by atoms with van der Waals surface area (Å²) in [5.74, 6) is 0.383. The van der Waals surface area contributed by atoms with Gasteiger partial charge in [-0.25, -0.2) is 9.59 Å². The zero-order chi connectivity index (χ0) is 11.4. The molecule has 1 aliphatic rings. The van der Waals surface area contributed by atoms with Gasteiger partial charge in [0.1, 0.15) is 6.17 Å². The van der Waals surface area contributed by atoms with E-state index in [9.17, 15) is 9.59 Å². The van der Waals surface area contributed by atoms with Gasteiger partial charge in [-0.3, -0.25) is 5.43 Å². The fourth-order valence-corrected chi connectivity index (χ4v) is 1.68. The predicted octanol–water partition coefficient (Wildman–Crippen LogP) is 0.495. The molecule has 86 valence electrons. The molecule has 7 nitrogen and oxygen atoms in total. The molecule has 0 aromatic carbocycles. The summed E-state index contributed by atoms with van der Waals surface area (Å²) in [6.07, 6.45) is -1.36. The summed E-state index contributed by atoms with van der Waals surface area (Å²) >= 11 is 0. The number of hydrazine groups is 1. The normalized spacial score (nSPS) is 27.0. The van der Waals surface area contributed by atoms with E-state index >= 15 is 0 Å². The van der Waals surface area contributed by atoms with Gasteiger partial charge in [-0.05, 0) is 18.8 Å². The van der Waals surface area contributed by atoms with Gasteiger partial charge in [0.15, 0.2) is 0 Å².